The van der Waals surface area contributed by atoms with E-state index >= 15 is 0 Å². The lowest BCUT2D eigenvalue weighted by molar-refractivity contribution is 0.582. The van der Waals surface area contributed by atoms with Gasteiger partial charge in [0.2, 0.25) is 0 Å². The number of hydrogen-bond donors (Lipinski definition) is 0. The van der Waals surface area contributed by atoms with E-state index in [1.165, 1.54) is 11.1 Å². The molecule has 0 bridgehead atoms. The molecule has 0 aliphatic carbocycles. The Labute approximate surface area is 137 Å². The first-order chi connectivity index (χ1) is 11.3. The smallest absolute Gasteiger partial charge is 0.123 e. The highest BCUT2D eigenvalue weighted by molar-refractivity contribution is 5.38. The third-order valence-electron chi connectivity index (χ3n) is 4.46. The van der Waals surface area contributed by atoms with Crippen molar-refractivity contribution in [3.63, 3.8) is 0 Å². The lowest BCUT2D eigenvalue weighted by Gasteiger charge is -2.28. The van der Waals surface area contributed by atoms with Gasteiger partial charge in [0.15, 0.2) is 0 Å². The van der Waals surface area contributed by atoms with Crippen LogP contribution in [-0.2, 0) is 0 Å². The second kappa shape index (κ2) is 7.23. The third-order valence-corrected chi connectivity index (χ3v) is 4.46. The van der Waals surface area contributed by atoms with E-state index in [2.05, 4.69) is 55.5 Å². The van der Waals surface area contributed by atoms with Crippen LogP contribution in [0.1, 0.15) is 41.9 Å². The normalized spacial score (nSPS) is 13.5. The zero-order valence-electron chi connectivity index (χ0n) is 13.3. The summed E-state index contributed by atoms with van der Waals surface area (Å²) in [6, 6.07) is 28.1. The highest BCUT2D eigenvalue weighted by atomic mass is 19.1. The van der Waals surface area contributed by atoms with Gasteiger partial charge in [0.05, 0.1) is 0 Å². The van der Waals surface area contributed by atoms with Crippen molar-refractivity contribution in [2.45, 2.75) is 25.2 Å². The van der Waals surface area contributed by atoms with Crippen molar-refractivity contribution in [3.05, 3.63) is 107 Å². The largest absolute Gasteiger partial charge is 0.207 e. The molecule has 0 N–H and O–H groups in total. The van der Waals surface area contributed by atoms with Gasteiger partial charge < -0.3 is 0 Å². The molecule has 2 unspecified atom stereocenters. The van der Waals surface area contributed by atoms with Crippen LogP contribution in [0.25, 0.3) is 0 Å². The molecule has 0 amide bonds. The van der Waals surface area contributed by atoms with E-state index < -0.39 is 0 Å². The van der Waals surface area contributed by atoms with Crippen LogP contribution in [0.4, 0.5) is 4.39 Å². The highest BCUT2D eigenvalue weighted by Crippen LogP contribution is 2.40. The predicted octanol–water partition coefficient (Wildman–Crippen LogP) is 6.15. The summed E-state index contributed by atoms with van der Waals surface area (Å²) < 4.78 is 13.4. The maximum Gasteiger partial charge on any atom is 0.123 e. The lowest BCUT2D eigenvalue weighted by atomic mass is 9.76. The van der Waals surface area contributed by atoms with Crippen molar-refractivity contribution in [2.75, 3.05) is 0 Å². The maximum absolute atomic E-state index is 13.4. The molecule has 0 aliphatic heterocycles. The van der Waals surface area contributed by atoms with Crippen LogP contribution >= 0.6 is 0 Å². The quantitative estimate of drug-likeness (QED) is 0.530. The molecule has 3 rings (SSSR count). The molecule has 0 saturated carbocycles. The maximum atomic E-state index is 13.4. The zero-order valence-corrected chi connectivity index (χ0v) is 13.3. The van der Waals surface area contributed by atoms with Crippen LogP contribution in [0.15, 0.2) is 84.9 Å². The van der Waals surface area contributed by atoms with Gasteiger partial charge in [-0.2, -0.15) is 0 Å². The number of benzene rings is 3. The minimum Gasteiger partial charge on any atom is -0.207 e. The van der Waals surface area contributed by atoms with Crippen LogP contribution in [-0.4, -0.2) is 0 Å². The van der Waals surface area contributed by atoms with Crippen molar-refractivity contribution in [1.82, 2.24) is 0 Å². The van der Waals surface area contributed by atoms with E-state index in [4.69, 9.17) is 0 Å². The molecule has 0 spiro atoms. The molecule has 3 aromatic carbocycles. The topological polar surface area (TPSA) is 0 Å². The van der Waals surface area contributed by atoms with E-state index in [1.807, 2.05) is 24.3 Å². The Hall–Kier alpha value is -2.41. The Morgan fingerprint density at radius 3 is 1.65 bits per heavy atom. The van der Waals surface area contributed by atoms with Gasteiger partial charge >= 0.3 is 0 Å². The molecule has 0 fully saturated rings. The zero-order chi connectivity index (χ0) is 16.1. The second-order valence-electron chi connectivity index (χ2n) is 5.87. The number of rotatable bonds is 5. The van der Waals surface area contributed by atoms with Gasteiger partial charge in [-0.05, 0) is 41.2 Å². The van der Waals surface area contributed by atoms with Crippen LogP contribution in [0.5, 0.6) is 0 Å². The fourth-order valence-corrected chi connectivity index (χ4v) is 3.35. The monoisotopic (exact) mass is 304 g/mol. The van der Waals surface area contributed by atoms with Gasteiger partial charge in [0.25, 0.3) is 0 Å². The molecule has 23 heavy (non-hydrogen) atoms. The first-order valence-electron chi connectivity index (χ1n) is 8.15. The molecule has 3 aromatic rings. The fourth-order valence-electron chi connectivity index (χ4n) is 3.35. The molecule has 0 aliphatic rings. The Balaban J connectivity index is 2.09. The van der Waals surface area contributed by atoms with Crippen molar-refractivity contribution in [2.24, 2.45) is 0 Å². The van der Waals surface area contributed by atoms with Gasteiger partial charge in [0, 0.05) is 5.92 Å². The van der Waals surface area contributed by atoms with Gasteiger partial charge in [0.1, 0.15) is 5.82 Å². The minimum atomic E-state index is -0.187. The standard InChI is InChI=1S/C22H21F/c1-2-21(17-9-5-3-6-10-17)22(18-11-7-4-8-12-18)19-13-15-20(23)16-14-19/h3-16,21-22H,2H2,1H3. The molecule has 2 atom stereocenters. The summed E-state index contributed by atoms with van der Waals surface area (Å²) >= 11 is 0. The Kier molecular flexibility index (Phi) is 4.87. The van der Waals surface area contributed by atoms with Gasteiger partial charge in [-0.15, -0.1) is 0 Å². The summed E-state index contributed by atoms with van der Waals surface area (Å²) in [5.41, 5.74) is 3.76. The molecule has 0 nitrogen and oxygen atoms in total. The summed E-state index contributed by atoms with van der Waals surface area (Å²) in [4.78, 5) is 0. The summed E-state index contributed by atoms with van der Waals surface area (Å²) in [7, 11) is 0. The molecule has 1 heteroatoms. The molecule has 0 aromatic heterocycles. The third kappa shape index (κ3) is 3.50. The summed E-state index contributed by atoms with van der Waals surface area (Å²) in [6.45, 7) is 2.22. The fraction of sp³-hybridized carbons (Fsp3) is 0.182. The van der Waals surface area contributed by atoms with E-state index in [-0.39, 0.29) is 11.7 Å². The summed E-state index contributed by atoms with van der Waals surface area (Å²) in [6.07, 6.45) is 1.03. The number of hydrogen-bond acceptors (Lipinski definition) is 0. The van der Waals surface area contributed by atoms with E-state index in [0.717, 1.165) is 12.0 Å². The van der Waals surface area contributed by atoms with Crippen molar-refractivity contribution >= 4 is 0 Å². The van der Waals surface area contributed by atoms with Crippen LogP contribution in [0.2, 0.25) is 0 Å². The van der Waals surface area contributed by atoms with Crippen molar-refractivity contribution in [3.8, 4) is 0 Å². The molecular weight excluding hydrogens is 283 g/mol. The van der Waals surface area contributed by atoms with Crippen molar-refractivity contribution in [1.29, 1.82) is 0 Å². The SMILES string of the molecule is CCC(c1ccccc1)C(c1ccccc1)c1ccc(F)cc1. The highest BCUT2D eigenvalue weighted by Gasteiger charge is 2.25. The summed E-state index contributed by atoms with van der Waals surface area (Å²) in [5, 5.41) is 0. The molecule has 0 radical (unpaired) electrons. The summed E-state index contributed by atoms with van der Waals surface area (Å²) in [5.74, 6) is 0.404. The van der Waals surface area contributed by atoms with Crippen LogP contribution in [0.3, 0.4) is 0 Å². The van der Waals surface area contributed by atoms with E-state index in [9.17, 15) is 4.39 Å². The number of halogens is 1. The molecule has 116 valence electrons. The predicted molar refractivity (Wildman–Crippen MR) is 94.2 cm³/mol. The molecule has 0 heterocycles. The Morgan fingerprint density at radius 2 is 1.13 bits per heavy atom. The average Bonchev–Trinajstić information content (AvgIpc) is 2.62. The van der Waals surface area contributed by atoms with Gasteiger partial charge in [-0.1, -0.05) is 79.7 Å². The van der Waals surface area contributed by atoms with Crippen molar-refractivity contribution < 1.29 is 4.39 Å². The lowest BCUT2D eigenvalue weighted by Crippen LogP contribution is -2.12. The van der Waals surface area contributed by atoms with E-state index in [1.54, 1.807) is 12.1 Å². The first-order valence-corrected chi connectivity index (χ1v) is 8.15. The Bertz CT molecular complexity index is 717. The Morgan fingerprint density at radius 1 is 0.652 bits per heavy atom. The van der Waals surface area contributed by atoms with Crippen LogP contribution < -0.4 is 0 Å². The van der Waals surface area contributed by atoms with Crippen LogP contribution in [0, 0.1) is 5.82 Å². The van der Waals surface area contributed by atoms with E-state index in [0.29, 0.717) is 5.92 Å². The second-order valence-corrected chi connectivity index (χ2v) is 5.87. The van der Waals surface area contributed by atoms with Gasteiger partial charge in [-0.25, -0.2) is 4.39 Å². The molecule has 0 saturated heterocycles. The first kappa shape index (κ1) is 15.5. The van der Waals surface area contributed by atoms with Gasteiger partial charge in [-0.3, -0.25) is 0 Å². The minimum absolute atomic E-state index is 0.187. The average molecular weight is 304 g/mol. The molecular formula is C22H21F.